The maximum atomic E-state index is 5.87. The van der Waals surface area contributed by atoms with Crippen molar-refractivity contribution in [1.29, 1.82) is 0 Å². The number of benzene rings is 2. The fourth-order valence-corrected chi connectivity index (χ4v) is 3.78. The molecular weight excluding hydrogens is 406 g/mol. The Morgan fingerprint density at radius 2 is 1.50 bits per heavy atom. The molecule has 1 aliphatic heterocycles. The van der Waals surface area contributed by atoms with Gasteiger partial charge in [0.15, 0.2) is 0 Å². The third-order valence-corrected chi connectivity index (χ3v) is 5.61. The van der Waals surface area contributed by atoms with E-state index in [0.717, 1.165) is 54.6 Å². The molecule has 1 aliphatic rings. The highest BCUT2D eigenvalue weighted by atomic mass is 16.5. The number of oxazole rings is 1. The van der Waals surface area contributed by atoms with Crippen molar-refractivity contribution in [3.05, 3.63) is 72.6 Å². The van der Waals surface area contributed by atoms with Gasteiger partial charge < -0.3 is 13.6 Å². The minimum Gasteiger partial charge on any atom is -0.497 e. The number of piperazine rings is 1. The molecule has 1 saturated heterocycles. The van der Waals surface area contributed by atoms with E-state index in [9.17, 15) is 0 Å². The molecule has 2 aromatic heterocycles. The van der Waals surface area contributed by atoms with Crippen molar-refractivity contribution >= 4 is 0 Å². The second-order valence-corrected chi connectivity index (χ2v) is 7.77. The molecule has 0 amide bonds. The molecule has 0 atom stereocenters. The van der Waals surface area contributed by atoms with Gasteiger partial charge in [-0.2, -0.15) is 0 Å². The second-order valence-electron chi connectivity index (χ2n) is 7.77. The summed E-state index contributed by atoms with van der Waals surface area (Å²) in [5.74, 6) is 2.70. The van der Waals surface area contributed by atoms with Gasteiger partial charge in [-0.25, -0.2) is 4.98 Å². The molecule has 32 heavy (non-hydrogen) atoms. The summed E-state index contributed by atoms with van der Waals surface area (Å²) in [4.78, 5) is 9.32. The van der Waals surface area contributed by atoms with E-state index in [1.807, 2.05) is 54.6 Å². The van der Waals surface area contributed by atoms with Gasteiger partial charge in [0.1, 0.15) is 17.7 Å². The highest BCUT2D eigenvalue weighted by Crippen LogP contribution is 2.22. The Morgan fingerprint density at radius 3 is 2.19 bits per heavy atom. The quantitative estimate of drug-likeness (QED) is 0.438. The molecule has 8 heteroatoms. The van der Waals surface area contributed by atoms with Crippen LogP contribution in [0.25, 0.3) is 22.7 Å². The Kier molecular flexibility index (Phi) is 5.96. The average Bonchev–Trinajstić information content (AvgIpc) is 3.51. The molecule has 8 nitrogen and oxygen atoms in total. The van der Waals surface area contributed by atoms with Crippen LogP contribution in [0, 0.1) is 0 Å². The predicted octanol–water partition coefficient (Wildman–Crippen LogP) is 3.72. The SMILES string of the molecule is COc1ccc(-c2nnc(CN3CCN(Cc4nc(-c5ccccc5)co4)CC3)o2)cc1. The van der Waals surface area contributed by atoms with Gasteiger partial charge in [0, 0.05) is 37.3 Å². The summed E-state index contributed by atoms with van der Waals surface area (Å²) in [5, 5.41) is 8.41. The molecule has 1 fully saturated rings. The van der Waals surface area contributed by atoms with E-state index in [1.54, 1.807) is 13.4 Å². The van der Waals surface area contributed by atoms with Crippen molar-refractivity contribution in [2.45, 2.75) is 13.1 Å². The predicted molar refractivity (Wildman–Crippen MR) is 119 cm³/mol. The zero-order valence-corrected chi connectivity index (χ0v) is 18.0. The Labute approximate surface area is 186 Å². The number of hydrogen-bond donors (Lipinski definition) is 0. The van der Waals surface area contributed by atoms with Gasteiger partial charge in [-0.3, -0.25) is 9.80 Å². The first kappa shape index (κ1) is 20.4. The molecule has 0 saturated carbocycles. The molecule has 0 bridgehead atoms. The van der Waals surface area contributed by atoms with E-state index < -0.39 is 0 Å². The molecular formula is C24H25N5O3. The molecule has 0 N–H and O–H groups in total. The third kappa shape index (κ3) is 4.71. The monoisotopic (exact) mass is 431 g/mol. The fraction of sp³-hybridized carbons (Fsp3) is 0.292. The number of methoxy groups -OCH3 is 1. The fourth-order valence-electron chi connectivity index (χ4n) is 3.78. The summed E-state index contributed by atoms with van der Waals surface area (Å²) in [6, 6.07) is 17.7. The molecule has 164 valence electrons. The van der Waals surface area contributed by atoms with Crippen molar-refractivity contribution in [2.24, 2.45) is 0 Å². The lowest BCUT2D eigenvalue weighted by Gasteiger charge is -2.33. The highest BCUT2D eigenvalue weighted by molar-refractivity contribution is 5.57. The Morgan fingerprint density at radius 1 is 0.812 bits per heavy atom. The molecule has 2 aromatic carbocycles. The van der Waals surface area contributed by atoms with E-state index in [0.29, 0.717) is 24.9 Å². The lowest BCUT2D eigenvalue weighted by molar-refractivity contribution is 0.108. The van der Waals surface area contributed by atoms with E-state index in [4.69, 9.17) is 13.6 Å². The summed E-state index contributed by atoms with van der Waals surface area (Å²) in [7, 11) is 1.65. The van der Waals surface area contributed by atoms with Crippen molar-refractivity contribution in [3.63, 3.8) is 0 Å². The van der Waals surface area contributed by atoms with Crippen molar-refractivity contribution in [2.75, 3.05) is 33.3 Å². The zero-order chi connectivity index (χ0) is 21.8. The topological polar surface area (TPSA) is 80.7 Å². The molecule has 5 rings (SSSR count). The van der Waals surface area contributed by atoms with Crippen LogP contribution >= 0.6 is 0 Å². The minimum absolute atomic E-state index is 0.527. The molecule has 0 radical (unpaired) electrons. The smallest absolute Gasteiger partial charge is 0.247 e. The van der Waals surface area contributed by atoms with Crippen LogP contribution in [0.3, 0.4) is 0 Å². The first-order chi connectivity index (χ1) is 15.8. The number of rotatable bonds is 7. The van der Waals surface area contributed by atoms with Crippen LogP contribution in [0.4, 0.5) is 0 Å². The first-order valence-electron chi connectivity index (χ1n) is 10.7. The van der Waals surface area contributed by atoms with Gasteiger partial charge in [-0.15, -0.1) is 10.2 Å². The number of nitrogens with zero attached hydrogens (tertiary/aromatic N) is 5. The third-order valence-electron chi connectivity index (χ3n) is 5.61. The van der Waals surface area contributed by atoms with Crippen LogP contribution in [0.2, 0.25) is 0 Å². The second kappa shape index (κ2) is 9.33. The Hall–Kier alpha value is -3.49. The lowest BCUT2D eigenvalue weighted by atomic mass is 10.2. The summed E-state index contributed by atoms with van der Waals surface area (Å²) in [5.41, 5.74) is 2.83. The lowest BCUT2D eigenvalue weighted by Crippen LogP contribution is -2.45. The number of hydrogen-bond acceptors (Lipinski definition) is 8. The van der Waals surface area contributed by atoms with Crippen LogP contribution in [0.5, 0.6) is 5.75 Å². The summed E-state index contributed by atoms with van der Waals surface area (Å²) in [6.45, 7) is 5.07. The molecule has 3 heterocycles. The van der Waals surface area contributed by atoms with Crippen molar-refractivity contribution in [3.8, 4) is 28.5 Å². The largest absolute Gasteiger partial charge is 0.497 e. The van der Waals surface area contributed by atoms with Crippen LogP contribution in [-0.2, 0) is 13.1 Å². The zero-order valence-electron chi connectivity index (χ0n) is 18.0. The highest BCUT2D eigenvalue weighted by Gasteiger charge is 2.21. The van der Waals surface area contributed by atoms with Crippen LogP contribution in [-0.4, -0.2) is 58.3 Å². The summed E-state index contributed by atoms with van der Waals surface area (Å²) in [6.07, 6.45) is 1.73. The number of ether oxygens (including phenoxy) is 1. The summed E-state index contributed by atoms with van der Waals surface area (Å²) >= 11 is 0. The molecule has 0 unspecified atom stereocenters. The van der Waals surface area contributed by atoms with E-state index in [2.05, 4.69) is 25.0 Å². The van der Waals surface area contributed by atoms with Gasteiger partial charge in [0.2, 0.25) is 17.7 Å². The van der Waals surface area contributed by atoms with Crippen LogP contribution < -0.4 is 4.74 Å². The van der Waals surface area contributed by atoms with Crippen LogP contribution in [0.15, 0.2) is 69.7 Å². The van der Waals surface area contributed by atoms with E-state index >= 15 is 0 Å². The maximum Gasteiger partial charge on any atom is 0.247 e. The standard InChI is InChI=1S/C24H25N5O3/c1-30-20-9-7-19(8-10-20)24-27-26-23(32-24)16-29-13-11-28(12-14-29)15-22-25-21(17-31-22)18-5-3-2-4-6-18/h2-10,17H,11-16H2,1H3. The minimum atomic E-state index is 0.527. The van der Waals surface area contributed by atoms with Crippen LogP contribution in [0.1, 0.15) is 11.8 Å². The van der Waals surface area contributed by atoms with Gasteiger partial charge in [-0.05, 0) is 24.3 Å². The Balaban J connectivity index is 1.12. The van der Waals surface area contributed by atoms with E-state index in [1.165, 1.54) is 0 Å². The van der Waals surface area contributed by atoms with Crippen molar-refractivity contribution < 1.29 is 13.6 Å². The molecule has 4 aromatic rings. The van der Waals surface area contributed by atoms with Gasteiger partial charge in [-0.1, -0.05) is 30.3 Å². The Bertz CT molecular complexity index is 1130. The molecule has 0 spiro atoms. The van der Waals surface area contributed by atoms with Gasteiger partial charge >= 0.3 is 0 Å². The molecule has 0 aliphatic carbocycles. The van der Waals surface area contributed by atoms with Gasteiger partial charge in [0.05, 0.1) is 20.2 Å². The normalized spacial score (nSPS) is 15.2. The summed E-state index contributed by atoms with van der Waals surface area (Å²) < 4.78 is 16.8. The average molecular weight is 431 g/mol. The first-order valence-corrected chi connectivity index (χ1v) is 10.7. The number of aromatic nitrogens is 3. The van der Waals surface area contributed by atoms with Gasteiger partial charge in [0.25, 0.3) is 0 Å². The van der Waals surface area contributed by atoms with Crippen molar-refractivity contribution in [1.82, 2.24) is 25.0 Å². The van der Waals surface area contributed by atoms with E-state index in [-0.39, 0.29) is 0 Å². The maximum absolute atomic E-state index is 5.87.